The van der Waals surface area contributed by atoms with Gasteiger partial charge in [0.15, 0.2) is 5.78 Å². The van der Waals surface area contributed by atoms with Gasteiger partial charge in [-0.25, -0.2) is 8.78 Å². The summed E-state index contributed by atoms with van der Waals surface area (Å²) in [5.41, 5.74) is 6.42. The Morgan fingerprint density at radius 1 is 1.28 bits per heavy atom. The second kappa shape index (κ2) is 6.72. The fourth-order valence-corrected chi connectivity index (χ4v) is 2.89. The van der Waals surface area contributed by atoms with E-state index in [4.69, 9.17) is 10.5 Å². The lowest BCUT2D eigenvalue weighted by Gasteiger charge is -2.30. The molecule has 0 amide bonds. The summed E-state index contributed by atoms with van der Waals surface area (Å²) in [6.45, 7) is 2.57. The van der Waals surface area contributed by atoms with Crippen molar-refractivity contribution in [3.8, 4) is 0 Å². The van der Waals surface area contributed by atoms with Crippen LogP contribution < -0.4 is 5.73 Å². The molecule has 0 aliphatic carbocycles. The van der Waals surface area contributed by atoms with E-state index in [1.54, 1.807) is 12.1 Å². The molecule has 2 aromatic carbocycles. The number of carbonyl (C=O) groups excluding carboxylic acids is 1. The first-order valence-corrected chi connectivity index (χ1v) is 7.87. The van der Waals surface area contributed by atoms with Crippen LogP contribution in [-0.2, 0) is 16.7 Å². The highest BCUT2D eigenvalue weighted by molar-refractivity contribution is 5.97. The molecule has 130 valence electrons. The topological polar surface area (TPSA) is 64.7 Å². The summed E-state index contributed by atoms with van der Waals surface area (Å²) in [5.74, 6) is -1.44. The Balaban J connectivity index is 1.86. The summed E-state index contributed by atoms with van der Waals surface area (Å²) in [5, 5.41) is 0. The molecule has 4 nitrogen and oxygen atoms in total. The van der Waals surface area contributed by atoms with Crippen LogP contribution in [0.4, 0.5) is 8.78 Å². The molecule has 0 spiro atoms. The monoisotopic (exact) mass is 344 g/mol. The Bertz CT molecular complexity index is 851. The van der Waals surface area contributed by atoms with E-state index < -0.39 is 23.0 Å². The summed E-state index contributed by atoms with van der Waals surface area (Å²) in [4.78, 5) is 16.8. The molecule has 1 aliphatic heterocycles. The number of hydrogen-bond acceptors (Lipinski definition) is 4. The van der Waals surface area contributed by atoms with Crippen LogP contribution >= 0.6 is 0 Å². The number of nitrogens with zero attached hydrogens (tertiary/aromatic N) is 1. The van der Waals surface area contributed by atoms with Gasteiger partial charge in [0.05, 0.1) is 12.2 Å². The van der Waals surface area contributed by atoms with Crippen LogP contribution in [0, 0.1) is 11.6 Å². The highest BCUT2D eigenvalue weighted by Gasteiger charge is 2.30. The fraction of sp³-hybridized carbons (Fsp3) is 0.263. The van der Waals surface area contributed by atoms with Crippen LogP contribution in [0.2, 0.25) is 0 Å². The van der Waals surface area contributed by atoms with Crippen LogP contribution in [0.1, 0.15) is 28.4 Å². The molecule has 1 unspecified atom stereocenters. The van der Waals surface area contributed by atoms with E-state index in [-0.39, 0.29) is 12.0 Å². The summed E-state index contributed by atoms with van der Waals surface area (Å²) >= 11 is 0. The predicted octanol–water partition coefficient (Wildman–Crippen LogP) is 2.99. The fourth-order valence-electron chi connectivity index (χ4n) is 2.89. The molecule has 25 heavy (non-hydrogen) atoms. The van der Waals surface area contributed by atoms with E-state index in [2.05, 4.69) is 4.99 Å². The van der Waals surface area contributed by atoms with Gasteiger partial charge in [-0.05, 0) is 36.2 Å². The largest absolute Gasteiger partial charge is 0.386 e. The Kier molecular flexibility index (Phi) is 4.63. The molecular formula is C19H18F2N2O2. The van der Waals surface area contributed by atoms with Crippen molar-refractivity contribution in [3.05, 3.63) is 70.8 Å². The molecular weight excluding hydrogens is 326 g/mol. The molecule has 0 fully saturated rings. The van der Waals surface area contributed by atoms with Crippen molar-refractivity contribution in [2.75, 3.05) is 13.2 Å². The zero-order valence-corrected chi connectivity index (χ0v) is 13.8. The summed E-state index contributed by atoms with van der Waals surface area (Å²) in [6.07, 6.45) is -0.0374. The van der Waals surface area contributed by atoms with Gasteiger partial charge >= 0.3 is 0 Å². The molecule has 2 aromatic rings. The predicted molar refractivity (Wildman–Crippen MR) is 90.6 cm³/mol. The second-order valence-corrected chi connectivity index (χ2v) is 6.29. The summed E-state index contributed by atoms with van der Waals surface area (Å²) < 4.78 is 32.5. The van der Waals surface area contributed by atoms with Gasteiger partial charge in [-0.3, -0.25) is 9.79 Å². The van der Waals surface area contributed by atoms with Gasteiger partial charge in [0.2, 0.25) is 0 Å². The number of benzene rings is 2. The van der Waals surface area contributed by atoms with Gasteiger partial charge in [0, 0.05) is 6.42 Å². The van der Waals surface area contributed by atoms with Crippen molar-refractivity contribution in [2.24, 2.45) is 10.7 Å². The first-order valence-electron chi connectivity index (χ1n) is 7.87. The third kappa shape index (κ3) is 3.74. The average molecular weight is 344 g/mol. The van der Waals surface area contributed by atoms with Crippen molar-refractivity contribution >= 4 is 11.6 Å². The second-order valence-electron chi connectivity index (χ2n) is 6.29. The quantitative estimate of drug-likeness (QED) is 0.867. The Morgan fingerprint density at radius 2 is 2.08 bits per heavy atom. The van der Waals surface area contributed by atoms with E-state index in [9.17, 15) is 13.6 Å². The van der Waals surface area contributed by atoms with Crippen molar-refractivity contribution in [1.82, 2.24) is 0 Å². The number of Topliss-reactive ketones (excluding diaryl/α,β-unsaturated/α-hetero) is 1. The first kappa shape index (κ1) is 17.2. The molecule has 1 aliphatic rings. The number of aliphatic imine (C=N–C) groups is 1. The average Bonchev–Trinajstić information content (AvgIpc) is 2.57. The van der Waals surface area contributed by atoms with Crippen molar-refractivity contribution in [3.63, 3.8) is 0 Å². The molecule has 0 saturated heterocycles. The maximum atomic E-state index is 13.8. The van der Waals surface area contributed by atoms with Crippen LogP contribution in [0.15, 0.2) is 47.5 Å². The van der Waals surface area contributed by atoms with E-state index in [1.165, 1.54) is 0 Å². The van der Waals surface area contributed by atoms with Crippen molar-refractivity contribution < 1.29 is 18.3 Å². The normalized spacial score (nSPS) is 20.2. The van der Waals surface area contributed by atoms with Crippen molar-refractivity contribution in [1.29, 1.82) is 0 Å². The van der Waals surface area contributed by atoms with E-state index in [0.29, 0.717) is 24.6 Å². The van der Waals surface area contributed by atoms with Gasteiger partial charge in [0.1, 0.15) is 29.6 Å². The molecule has 6 heteroatoms. The third-order valence-corrected chi connectivity index (χ3v) is 4.17. The Hall–Kier alpha value is -2.60. The maximum absolute atomic E-state index is 13.8. The zero-order chi connectivity index (χ0) is 18.0. The lowest BCUT2D eigenvalue weighted by Crippen LogP contribution is -2.37. The summed E-state index contributed by atoms with van der Waals surface area (Å²) in [7, 11) is 0. The summed E-state index contributed by atoms with van der Waals surface area (Å²) in [6, 6.07) is 10.1. The minimum absolute atomic E-state index is 0.0374. The number of rotatable bonds is 4. The van der Waals surface area contributed by atoms with E-state index in [1.807, 2.05) is 19.1 Å². The highest BCUT2D eigenvalue weighted by Crippen LogP contribution is 2.29. The number of amidine groups is 1. The molecule has 1 atom stereocenters. The standard InChI is InChI=1S/C19H18F2N2O2/c1-19(11-25-10-18(22)23-19)13-4-2-3-12(7-13)8-17(24)15-9-14(20)5-6-16(15)21/h2-7,9H,8,10-11H2,1H3,(H2,22,23). The first-order chi connectivity index (χ1) is 11.9. The smallest absolute Gasteiger partial charge is 0.170 e. The van der Waals surface area contributed by atoms with E-state index in [0.717, 1.165) is 23.8 Å². The number of carbonyl (C=O) groups is 1. The molecule has 0 saturated carbocycles. The van der Waals surface area contributed by atoms with Crippen LogP contribution in [0.3, 0.4) is 0 Å². The number of nitrogens with two attached hydrogens (primary N) is 1. The lowest BCUT2D eigenvalue weighted by atomic mass is 9.90. The minimum atomic E-state index is -0.729. The highest BCUT2D eigenvalue weighted by atomic mass is 19.1. The van der Waals surface area contributed by atoms with Crippen molar-refractivity contribution in [2.45, 2.75) is 18.9 Å². The van der Waals surface area contributed by atoms with Gasteiger partial charge in [-0.15, -0.1) is 0 Å². The lowest BCUT2D eigenvalue weighted by molar-refractivity contribution is 0.0988. The minimum Gasteiger partial charge on any atom is -0.386 e. The van der Waals surface area contributed by atoms with Crippen LogP contribution in [-0.4, -0.2) is 24.8 Å². The van der Waals surface area contributed by atoms with Crippen LogP contribution in [0.5, 0.6) is 0 Å². The molecule has 1 heterocycles. The third-order valence-electron chi connectivity index (χ3n) is 4.17. The molecule has 3 rings (SSSR count). The zero-order valence-electron chi connectivity index (χ0n) is 13.8. The van der Waals surface area contributed by atoms with E-state index >= 15 is 0 Å². The molecule has 2 N–H and O–H groups in total. The Morgan fingerprint density at radius 3 is 2.84 bits per heavy atom. The maximum Gasteiger partial charge on any atom is 0.170 e. The Labute approximate surface area is 144 Å². The van der Waals surface area contributed by atoms with Gasteiger partial charge in [0.25, 0.3) is 0 Å². The SMILES string of the molecule is CC1(c2cccc(CC(=O)c3cc(F)ccc3F)c2)COCC(N)=N1. The van der Waals surface area contributed by atoms with Gasteiger partial charge < -0.3 is 10.5 Å². The number of halogens is 2. The molecule has 0 aromatic heterocycles. The van der Waals surface area contributed by atoms with Crippen LogP contribution in [0.25, 0.3) is 0 Å². The molecule has 0 bridgehead atoms. The number of hydrogen-bond donors (Lipinski definition) is 1. The van der Waals surface area contributed by atoms with Gasteiger partial charge in [-0.2, -0.15) is 0 Å². The number of ether oxygens (including phenoxy) is 1. The number of ketones is 1. The van der Waals surface area contributed by atoms with Gasteiger partial charge in [-0.1, -0.05) is 24.3 Å². The molecule has 0 radical (unpaired) electrons.